The second kappa shape index (κ2) is 8.33. The lowest BCUT2D eigenvalue weighted by molar-refractivity contribution is -0.133. The number of allylic oxidation sites excluding steroid dienone is 2. The third kappa shape index (κ3) is 3.84. The predicted octanol–water partition coefficient (Wildman–Crippen LogP) is 4.23. The lowest BCUT2D eigenvalue weighted by Gasteiger charge is -2.47. The van der Waals surface area contributed by atoms with E-state index in [-0.39, 0.29) is 46.0 Å². The first-order valence-electron chi connectivity index (χ1n) is 12.3. The van der Waals surface area contributed by atoms with E-state index in [4.69, 9.17) is 9.47 Å². The smallest absolute Gasteiger partial charge is 0.338 e. The van der Waals surface area contributed by atoms with E-state index in [1.165, 1.54) is 11.8 Å². The van der Waals surface area contributed by atoms with Crippen LogP contribution in [0.5, 0.6) is 5.75 Å². The number of likely N-dealkylation sites (N-methyl/N-ethyl adjacent to an activating group) is 1. The number of hydrogen-bond donors (Lipinski definition) is 1. The van der Waals surface area contributed by atoms with Crippen LogP contribution < -0.4 is 4.74 Å². The molecule has 0 radical (unpaired) electrons. The Morgan fingerprint density at radius 3 is 2.43 bits per heavy atom. The number of aromatic nitrogens is 2. The molecule has 0 unspecified atom stereocenters. The number of methoxy groups -OCH3 is 1. The average Bonchev–Trinajstić information content (AvgIpc) is 3.34. The summed E-state index contributed by atoms with van der Waals surface area (Å²) in [7, 11) is 3.17. The van der Waals surface area contributed by atoms with E-state index < -0.39 is 17.4 Å². The number of ether oxygens (including phenoxy) is 2. The Balaban J connectivity index is 1.87. The maximum atomic E-state index is 13.9. The number of rotatable bonds is 4. The minimum absolute atomic E-state index is 0.0772. The predicted molar refractivity (Wildman–Crippen MR) is 134 cm³/mol. The van der Waals surface area contributed by atoms with E-state index in [9.17, 15) is 19.5 Å². The number of carbonyl (C=O) groups is 3. The molecule has 2 aliphatic heterocycles. The Hall–Kier alpha value is -3.88. The highest BCUT2D eigenvalue weighted by Crippen LogP contribution is 2.54. The van der Waals surface area contributed by atoms with Crippen LogP contribution in [0.25, 0.3) is 5.69 Å². The number of carboxylic acid groups (broad SMARTS) is 1. The first kappa shape index (κ1) is 24.8. The van der Waals surface area contributed by atoms with E-state index in [1.807, 2.05) is 27.7 Å². The average molecular weight is 506 g/mol. The quantitative estimate of drug-likeness (QED) is 0.662. The summed E-state index contributed by atoms with van der Waals surface area (Å²) in [6, 6.07) is 4.97. The Morgan fingerprint density at radius 1 is 1.11 bits per heavy atom. The summed E-state index contributed by atoms with van der Waals surface area (Å²) >= 11 is 0. The van der Waals surface area contributed by atoms with Gasteiger partial charge in [-0.25, -0.2) is 9.48 Å². The third-order valence-corrected chi connectivity index (χ3v) is 7.70. The van der Waals surface area contributed by atoms with Crippen molar-refractivity contribution in [1.29, 1.82) is 0 Å². The zero-order chi connectivity index (χ0) is 26.9. The van der Waals surface area contributed by atoms with E-state index in [1.54, 1.807) is 42.5 Å². The van der Waals surface area contributed by atoms with E-state index in [2.05, 4.69) is 5.10 Å². The molecule has 9 nitrogen and oxygen atoms in total. The zero-order valence-corrected chi connectivity index (χ0v) is 21.9. The number of nitrogens with zero attached hydrogens (tertiary/aromatic N) is 3. The summed E-state index contributed by atoms with van der Waals surface area (Å²) in [5.74, 6) is -1.38. The Kier molecular flexibility index (Phi) is 5.58. The van der Waals surface area contributed by atoms with Gasteiger partial charge in [-0.2, -0.15) is 5.10 Å². The van der Waals surface area contributed by atoms with Gasteiger partial charge in [0.2, 0.25) is 0 Å². The molecule has 9 heteroatoms. The molecule has 1 N–H and O–H groups in total. The molecule has 1 amide bonds. The zero-order valence-electron chi connectivity index (χ0n) is 21.9. The third-order valence-electron chi connectivity index (χ3n) is 7.70. The van der Waals surface area contributed by atoms with Gasteiger partial charge < -0.3 is 19.5 Å². The standard InChI is InChI=1S/C28H31N3O6/c1-27(2)12-16(32)21-18(13-27)37-19-14-28(3,4)30(5)25(33)23(19)24(21)22-17(36-6)9-8-15(20(22)26(34)35)31-11-7-10-29-31/h7-11,24H,12-14H2,1-6H3,(H,34,35)/t24-/m1/s1. The molecule has 1 aromatic heterocycles. The van der Waals surface area contributed by atoms with Crippen LogP contribution in [-0.4, -0.2) is 57.1 Å². The number of benzene rings is 1. The number of amides is 1. The van der Waals surface area contributed by atoms with E-state index in [0.717, 1.165) is 0 Å². The largest absolute Gasteiger partial charge is 0.496 e. The fourth-order valence-corrected chi connectivity index (χ4v) is 5.71. The van der Waals surface area contributed by atoms with Crippen LogP contribution in [0.3, 0.4) is 0 Å². The Labute approximate surface area is 215 Å². The summed E-state index contributed by atoms with van der Waals surface area (Å²) < 4.78 is 13.5. The maximum absolute atomic E-state index is 13.9. The molecule has 0 saturated heterocycles. The first-order chi connectivity index (χ1) is 17.4. The molecule has 0 bridgehead atoms. The minimum Gasteiger partial charge on any atom is -0.496 e. The Morgan fingerprint density at radius 2 is 1.81 bits per heavy atom. The molecule has 3 aliphatic rings. The van der Waals surface area contributed by atoms with Crippen molar-refractivity contribution in [2.75, 3.05) is 14.2 Å². The number of carboxylic acids is 1. The second-order valence-electron chi connectivity index (χ2n) is 11.3. The van der Waals surface area contributed by atoms with Gasteiger partial charge in [-0.05, 0) is 37.5 Å². The topological polar surface area (TPSA) is 111 Å². The number of ketones is 1. The molecule has 1 aliphatic carbocycles. The van der Waals surface area contributed by atoms with Crippen molar-refractivity contribution >= 4 is 17.7 Å². The van der Waals surface area contributed by atoms with Crippen LogP contribution in [0.15, 0.2) is 53.3 Å². The van der Waals surface area contributed by atoms with Crippen molar-refractivity contribution in [2.24, 2.45) is 5.41 Å². The molecular formula is C28H31N3O6. The molecule has 194 valence electrons. The van der Waals surface area contributed by atoms with Crippen LogP contribution in [0.2, 0.25) is 0 Å². The monoisotopic (exact) mass is 505 g/mol. The van der Waals surface area contributed by atoms with Gasteiger partial charge in [0.1, 0.15) is 17.3 Å². The SMILES string of the molecule is COc1ccc(-n2cccn2)c(C(=O)O)c1[C@H]1C2=C(CC(C)(C)CC2=O)OC2=C1C(=O)N(C)C(C)(C)C2. The summed E-state index contributed by atoms with van der Waals surface area (Å²) in [6.07, 6.45) is 4.38. The number of Topliss-reactive ketones (excluding diaryl/α,β-unsaturated/α-hetero) is 1. The van der Waals surface area contributed by atoms with Crippen molar-refractivity contribution in [1.82, 2.24) is 14.7 Å². The molecule has 0 spiro atoms. The van der Waals surface area contributed by atoms with Crippen molar-refractivity contribution in [3.63, 3.8) is 0 Å². The molecular weight excluding hydrogens is 474 g/mol. The highest BCUT2D eigenvalue weighted by molar-refractivity contribution is 6.07. The van der Waals surface area contributed by atoms with Crippen molar-refractivity contribution in [2.45, 2.75) is 58.4 Å². The van der Waals surface area contributed by atoms with Gasteiger partial charge in [0.15, 0.2) is 5.78 Å². The van der Waals surface area contributed by atoms with Gasteiger partial charge in [-0.3, -0.25) is 9.59 Å². The summed E-state index contributed by atoms with van der Waals surface area (Å²) in [4.78, 5) is 42.1. The first-order valence-corrected chi connectivity index (χ1v) is 12.3. The minimum atomic E-state index is -1.21. The van der Waals surface area contributed by atoms with Crippen LogP contribution in [0, 0.1) is 5.41 Å². The van der Waals surface area contributed by atoms with Gasteiger partial charge in [-0.1, -0.05) is 13.8 Å². The summed E-state index contributed by atoms with van der Waals surface area (Å²) in [5.41, 5.74) is 0.241. The van der Waals surface area contributed by atoms with Crippen molar-refractivity contribution < 1.29 is 29.0 Å². The molecule has 0 fully saturated rings. The van der Waals surface area contributed by atoms with Gasteiger partial charge in [0.25, 0.3) is 5.91 Å². The van der Waals surface area contributed by atoms with Crippen molar-refractivity contribution in [3.8, 4) is 11.4 Å². The molecule has 2 aromatic rings. The highest BCUT2D eigenvalue weighted by atomic mass is 16.5. The normalized spacial score (nSPS) is 22.4. The summed E-state index contributed by atoms with van der Waals surface area (Å²) in [5, 5.41) is 14.7. The van der Waals surface area contributed by atoms with Crippen molar-refractivity contribution in [3.05, 3.63) is 64.4 Å². The van der Waals surface area contributed by atoms with Crippen LogP contribution in [0.1, 0.15) is 68.8 Å². The van der Waals surface area contributed by atoms with Crippen LogP contribution >= 0.6 is 0 Å². The van der Waals surface area contributed by atoms with Gasteiger partial charge in [-0.15, -0.1) is 0 Å². The number of aromatic carboxylic acids is 1. The number of carbonyl (C=O) groups excluding carboxylic acids is 2. The fourth-order valence-electron chi connectivity index (χ4n) is 5.71. The summed E-state index contributed by atoms with van der Waals surface area (Å²) in [6.45, 7) is 7.91. The van der Waals surface area contributed by atoms with Crippen LogP contribution in [0.4, 0.5) is 0 Å². The molecule has 1 atom stereocenters. The van der Waals surface area contributed by atoms with Gasteiger partial charge in [0, 0.05) is 55.4 Å². The molecule has 1 aromatic carbocycles. The van der Waals surface area contributed by atoms with E-state index in [0.29, 0.717) is 35.6 Å². The lowest BCUT2D eigenvalue weighted by atomic mass is 9.67. The molecule has 3 heterocycles. The lowest BCUT2D eigenvalue weighted by Crippen LogP contribution is -2.51. The maximum Gasteiger partial charge on any atom is 0.338 e. The van der Waals surface area contributed by atoms with Gasteiger partial charge in [0.05, 0.1) is 29.9 Å². The molecule has 5 rings (SSSR count). The fraction of sp³-hybridized carbons (Fsp3) is 0.429. The highest BCUT2D eigenvalue weighted by Gasteiger charge is 2.51. The molecule has 0 saturated carbocycles. The van der Waals surface area contributed by atoms with Gasteiger partial charge >= 0.3 is 5.97 Å². The Bertz CT molecular complexity index is 1400. The second-order valence-corrected chi connectivity index (χ2v) is 11.3. The number of hydrogen-bond acceptors (Lipinski definition) is 6. The van der Waals surface area contributed by atoms with Crippen LogP contribution in [-0.2, 0) is 14.3 Å². The molecule has 37 heavy (non-hydrogen) atoms. The van der Waals surface area contributed by atoms with E-state index >= 15 is 0 Å².